The normalized spacial score (nSPS) is 21.6. The molecule has 1 aliphatic heterocycles. The summed E-state index contributed by atoms with van der Waals surface area (Å²) >= 11 is 0. The van der Waals surface area contributed by atoms with E-state index < -0.39 is 72.8 Å². The Labute approximate surface area is 233 Å². The van der Waals surface area contributed by atoms with Crippen LogP contribution < -0.4 is 22.1 Å². The Kier molecular flexibility index (Phi) is 9.97. The summed E-state index contributed by atoms with van der Waals surface area (Å²) in [7, 11) is 1.08. The van der Waals surface area contributed by atoms with Gasteiger partial charge in [-0.2, -0.15) is 4.98 Å². The van der Waals surface area contributed by atoms with Gasteiger partial charge in [-0.1, -0.05) is 0 Å². The summed E-state index contributed by atoms with van der Waals surface area (Å²) < 4.78 is 27.4. The highest BCUT2D eigenvalue weighted by molar-refractivity contribution is 6.03. The number of esters is 3. The molecule has 0 saturated carbocycles. The van der Waals surface area contributed by atoms with Crippen molar-refractivity contribution in [2.45, 2.75) is 51.4 Å². The predicted molar refractivity (Wildman–Crippen MR) is 138 cm³/mol. The smallest absolute Gasteiger partial charge is 0.407 e. The van der Waals surface area contributed by atoms with Crippen molar-refractivity contribution in [3.63, 3.8) is 0 Å². The van der Waals surface area contributed by atoms with Gasteiger partial charge in [0.05, 0.1) is 7.11 Å². The zero-order valence-electron chi connectivity index (χ0n) is 22.5. The first-order chi connectivity index (χ1) is 19.4. The number of benzene rings is 1. The van der Waals surface area contributed by atoms with Gasteiger partial charge < -0.3 is 40.1 Å². The van der Waals surface area contributed by atoms with Crippen LogP contribution in [0.25, 0.3) is 0 Å². The van der Waals surface area contributed by atoms with Gasteiger partial charge in [0.15, 0.2) is 18.4 Å². The van der Waals surface area contributed by atoms with Gasteiger partial charge in [-0.05, 0) is 30.3 Å². The fourth-order valence-corrected chi connectivity index (χ4v) is 4.01. The van der Waals surface area contributed by atoms with E-state index in [4.69, 9.17) is 24.7 Å². The Morgan fingerprint density at radius 3 is 2.17 bits per heavy atom. The first kappa shape index (κ1) is 30.6. The largest absolute Gasteiger partial charge is 0.463 e. The first-order valence-electron chi connectivity index (χ1n) is 12.1. The number of amides is 2. The summed E-state index contributed by atoms with van der Waals surface area (Å²) in [5.74, 6) is -2.96. The van der Waals surface area contributed by atoms with Crippen molar-refractivity contribution in [2.24, 2.45) is 0 Å². The maximum atomic E-state index is 13.1. The van der Waals surface area contributed by atoms with Crippen molar-refractivity contribution >= 4 is 41.4 Å². The Morgan fingerprint density at radius 2 is 1.61 bits per heavy atom. The van der Waals surface area contributed by atoms with E-state index in [2.05, 4.69) is 20.4 Å². The van der Waals surface area contributed by atoms with Crippen molar-refractivity contribution in [2.75, 3.05) is 24.8 Å². The number of nitrogen functional groups attached to an aromatic ring is 1. The molecule has 1 aromatic heterocycles. The molecule has 1 aliphatic rings. The lowest BCUT2D eigenvalue weighted by molar-refractivity contribution is -0.237. The molecule has 16 heteroatoms. The number of hydrogen-bond acceptors (Lipinski definition) is 13. The van der Waals surface area contributed by atoms with Crippen LogP contribution in [0.2, 0.25) is 0 Å². The predicted octanol–water partition coefficient (Wildman–Crippen LogP) is 0.126. The van der Waals surface area contributed by atoms with Crippen LogP contribution in [0, 0.1) is 0 Å². The van der Waals surface area contributed by atoms with Crippen molar-refractivity contribution in [1.29, 1.82) is 0 Å². The molecule has 1 aromatic carbocycles. The van der Waals surface area contributed by atoms with E-state index in [0.29, 0.717) is 5.69 Å². The first-order valence-corrected chi connectivity index (χ1v) is 12.1. The van der Waals surface area contributed by atoms with Gasteiger partial charge in [-0.3, -0.25) is 23.7 Å². The summed E-state index contributed by atoms with van der Waals surface area (Å²) in [5, 5.41) is 4.92. The number of methoxy groups -OCH3 is 1. The van der Waals surface area contributed by atoms with Crippen LogP contribution in [0.3, 0.4) is 0 Å². The zero-order chi connectivity index (χ0) is 30.3. The van der Waals surface area contributed by atoms with Gasteiger partial charge in [0, 0.05) is 38.2 Å². The molecule has 3 rings (SSSR count). The van der Waals surface area contributed by atoms with E-state index >= 15 is 0 Å². The maximum absolute atomic E-state index is 13.1. The molecule has 2 heterocycles. The van der Waals surface area contributed by atoms with Crippen LogP contribution in [0.15, 0.2) is 41.3 Å². The number of ether oxygens (including phenoxy) is 5. The molecule has 0 aliphatic carbocycles. The SMILES string of the molecule is COC(=O)N[C@H]1[C@@H](OC(C)=O)[C@@H](OC(C)=O)[C@H](COC(C)=O)O[C@H]1n1ccc(NC(=O)c2ccc(N)cc2)nc1=O. The second-order valence-corrected chi connectivity index (χ2v) is 8.76. The minimum atomic E-state index is -1.45. The molecule has 0 bridgehead atoms. The fourth-order valence-electron chi connectivity index (χ4n) is 4.01. The number of hydrogen-bond donors (Lipinski definition) is 3. The third kappa shape index (κ3) is 8.01. The van der Waals surface area contributed by atoms with Gasteiger partial charge in [-0.25, -0.2) is 9.59 Å². The van der Waals surface area contributed by atoms with Crippen molar-refractivity contribution in [3.8, 4) is 0 Å². The van der Waals surface area contributed by atoms with Crippen molar-refractivity contribution < 1.29 is 47.7 Å². The average Bonchev–Trinajstić information content (AvgIpc) is 2.90. The summed E-state index contributed by atoms with van der Waals surface area (Å²) in [6.07, 6.45) is -5.31. The molecule has 1 fully saturated rings. The highest BCUT2D eigenvalue weighted by atomic mass is 16.6. The molecule has 41 heavy (non-hydrogen) atoms. The maximum Gasteiger partial charge on any atom is 0.407 e. The molecule has 220 valence electrons. The Bertz CT molecular complexity index is 1360. The Balaban J connectivity index is 2.02. The van der Waals surface area contributed by atoms with Gasteiger partial charge in [0.1, 0.15) is 24.6 Å². The standard InChI is InChI=1S/C25H29N5O11/c1-12(31)38-11-17-20(39-13(2)32)21(40-14(3)33)19(29-25(36)37-4)23(41-17)30-10-9-18(28-24(30)35)27-22(34)15-5-7-16(26)8-6-15/h5-10,17,19-21,23H,11,26H2,1-4H3,(H,29,36)(H,27,28,34,35)/t17-,19-,20-,21+,23+/m0/s1. The number of alkyl carbamates (subject to hydrolysis) is 1. The minimum absolute atomic E-state index is 0.104. The number of aromatic nitrogens is 2. The summed E-state index contributed by atoms with van der Waals surface area (Å²) in [6, 6.07) is 5.95. The lowest BCUT2D eigenvalue weighted by atomic mass is 9.95. The minimum Gasteiger partial charge on any atom is -0.463 e. The molecule has 0 spiro atoms. The van der Waals surface area contributed by atoms with Crippen LogP contribution >= 0.6 is 0 Å². The monoisotopic (exact) mass is 575 g/mol. The summed E-state index contributed by atoms with van der Waals surface area (Å²) in [4.78, 5) is 77.3. The molecular weight excluding hydrogens is 546 g/mol. The van der Waals surface area contributed by atoms with Crippen molar-refractivity contribution in [1.82, 2.24) is 14.9 Å². The molecule has 0 radical (unpaired) electrons. The number of nitrogens with one attached hydrogen (secondary N) is 2. The number of carbonyl (C=O) groups is 5. The van der Waals surface area contributed by atoms with E-state index in [1.807, 2.05) is 0 Å². The Hall–Kier alpha value is -4.99. The lowest BCUT2D eigenvalue weighted by Crippen LogP contribution is -2.65. The van der Waals surface area contributed by atoms with Crippen LogP contribution in [0.1, 0.15) is 37.4 Å². The van der Waals surface area contributed by atoms with E-state index in [1.54, 1.807) is 0 Å². The van der Waals surface area contributed by atoms with Gasteiger partial charge in [-0.15, -0.1) is 0 Å². The number of nitrogens with two attached hydrogens (primary N) is 1. The number of nitrogens with zero attached hydrogens (tertiary/aromatic N) is 2. The van der Waals surface area contributed by atoms with Crippen LogP contribution in [0.4, 0.5) is 16.3 Å². The topological polar surface area (TPSA) is 216 Å². The molecular formula is C25H29N5O11. The van der Waals surface area contributed by atoms with Gasteiger partial charge in [0.25, 0.3) is 5.91 Å². The molecule has 16 nitrogen and oxygen atoms in total. The van der Waals surface area contributed by atoms with Crippen LogP contribution in [0.5, 0.6) is 0 Å². The van der Waals surface area contributed by atoms with Crippen LogP contribution in [-0.2, 0) is 38.1 Å². The van der Waals surface area contributed by atoms with Gasteiger partial charge >= 0.3 is 29.7 Å². The highest BCUT2D eigenvalue weighted by Gasteiger charge is 2.52. The van der Waals surface area contributed by atoms with E-state index in [9.17, 15) is 28.8 Å². The van der Waals surface area contributed by atoms with Crippen molar-refractivity contribution in [3.05, 3.63) is 52.6 Å². The summed E-state index contributed by atoms with van der Waals surface area (Å²) in [5.41, 5.74) is 5.41. The molecule has 2 amide bonds. The zero-order valence-corrected chi connectivity index (χ0v) is 22.5. The molecule has 0 unspecified atom stereocenters. The van der Waals surface area contributed by atoms with E-state index in [-0.39, 0.29) is 11.4 Å². The fraction of sp³-hybridized carbons (Fsp3) is 0.400. The van der Waals surface area contributed by atoms with Crippen LogP contribution in [-0.4, -0.2) is 77.5 Å². The molecule has 1 saturated heterocycles. The second kappa shape index (κ2) is 13.4. The second-order valence-electron chi connectivity index (χ2n) is 8.76. The quantitative estimate of drug-likeness (QED) is 0.217. The number of anilines is 2. The Morgan fingerprint density at radius 1 is 0.976 bits per heavy atom. The van der Waals surface area contributed by atoms with E-state index in [1.165, 1.54) is 36.5 Å². The van der Waals surface area contributed by atoms with Gasteiger partial charge in [0.2, 0.25) is 0 Å². The molecule has 4 N–H and O–H groups in total. The molecule has 2 aromatic rings. The third-order valence-electron chi connectivity index (χ3n) is 5.71. The lowest BCUT2D eigenvalue weighted by Gasteiger charge is -2.45. The molecule has 5 atom stereocenters. The highest BCUT2D eigenvalue weighted by Crippen LogP contribution is 2.32. The number of rotatable bonds is 8. The average molecular weight is 576 g/mol. The van der Waals surface area contributed by atoms with E-state index in [0.717, 1.165) is 32.4 Å². The number of carbonyl (C=O) groups excluding carboxylic acids is 5. The third-order valence-corrected chi connectivity index (χ3v) is 5.71. The summed E-state index contributed by atoms with van der Waals surface area (Å²) in [6.45, 7) is 2.84.